The molecule has 1 heterocycles. The van der Waals surface area contributed by atoms with Crippen molar-refractivity contribution in [2.24, 2.45) is 11.7 Å². The van der Waals surface area contributed by atoms with E-state index in [4.69, 9.17) is 5.73 Å². The Morgan fingerprint density at radius 1 is 1.83 bits per heavy atom. The molecule has 3 N–H and O–H groups in total. The summed E-state index contributed by atoms with van der Waals surface area (Å²) in [6.07, 6.45) is 0.423. The molecule has 1 saturated heterocycles. The highest BCUT2D eigenvalue weighted by atomic mass is 16.3. The lowest BCUT2D eigenvalue weighted by atomic mass is 10.0. The fourth-order valence-corrected chi connectivity index (χ4v) is 1.58. The lowest BCUT2D eigenvalue weighted by Gasteiger charge is -2.17. The molecule has 0 radical (unpaired) electrons. The van der Waals surface area contributed by atoms with Gasteiger partial charge in [0.25, 0.3) is 0 Å². The van der Waals surface area contributed by atoms with Crippen LogP contribution >= 0.6 is 0 Å². The molecule has 2 atom stereocenters. The summed E-state index contributed by atoms with van der Waals surface area (Å²) in [5.74, 6) is 0.264. The van der Waals surface area contributed by atoms with Crippen molar-refractivity contribution in [3.8, 4) is 0 Å². The van der Waals surface area contributed by atoms with Gasteiger partial charge in [-0.05, 0) is 6.42 Å². The summed E-state index contributed by atoms with van der Waals surface area (Å²) in [4.78, 5) is 12.7. The first-order valence-corrected chi connectivity index (χ1v) is 4.28. The molecule has 0 aromatic rings. The maximum atomic E-state index is 10.9. The van der Waals surface area contributed by atoms with E-state index in [1.807, 2.05) is 0 Å². The maximum Gasteiger partial charge on any atom is 0.219 e. The van der Waals surface area contributed by atoms with Gasteiger partial charge in [0.2, 0.25) is 5.91 Å². The summed E-state index contributed by atoms with van der Waals surface area (Å²) in [6.45, 7) is 3.26. The third kappa shape index (κ3) is 1.95. The monoisotopic (exact) mass is 172 g/mol. The van der Waals surface area contributed by atoms with Gasteiger partial charge < -0.3 is 15.7 Å². The van der Waals surface area contributed by atoms with Gasteiger partial charge in [0.05, 0.1) is 6.10 Å². The molecule has 0 spiro atoms. The predicted molar refractivity (Wildman–Crippen MR) is 45.4 cm³/mol. The quantitative estimate of drug-likeness (QED) is 0.571. The van der Waals surface area contributed by atoms with Crippen LogP contribution in [0.3, 0.4) is 0 Å². The average molecular weight is 172 g/mol. The Hall–Kier alpha value is -0.610. The number of likely N-dealkylation sites (tertiary alicyclic amines) is 1. The van der Waals surface area contributed by atoms with Gasteiger partial charge in [-0.1, -0.05) is 0 Å². The molecule has 1 amide bonds. The molecule has 70 valence electrons. The van der Waals surface area contributed by atoms with Crippen molar-refractivity contribution >= 4 is 5.91 Å². The minimum absolute atomic E-state index is 0.0849. The molecule has 0 bridgehead atoms. The standard InChI is InChI=1S/C8H16N2O2/c1-6(11)10-3-2-7(5-10)8(12)4-9/h7-8,12H,2-5,9H2,1H3. The molecule has 1 fully saturated rings. The molecular formula is C8H16N2O2. The highest BCUT2D eigenvalue weighted by molar-refractivity contribution is 5.73. The molecule has 0 saturated carbocycles. The van der Waals surface area contributed by atoms with Gasteiger partial charge in [-0.25, -0.2) is 0 Å². The molecule has 4 heteroatoms. The largest absolute Gasteiger partial charge is 0.391 e. The van der Waals surface area contributed by atoms with Crippen molar-refractivity contribution in [1.82, 2.24) is 4.90 Å². The molecule has 4 nitrogen and oxygen atoms in total. The van der Waals surface area contributed by atoms with Gasteiger partial charge in [0.15, 0.2) is 0 Å². The maximum absolute atomic E-state index is 10.9. The number of hydrogen-bond donors (Lipinski definition) is 2. The second kappa shape index (κ2) is 3.87. The van der Waals surface area contributed by atoms with E-state index in [-0.39, 0.29) is 18.4 Å². The number of rotatable bonds is 2. The Labute approximate surface area is 72.3 Å². The number of nitrogens with zero attached hydrogens (tertiary/aromatic N) is 1. The highest BCUT2D eigenvalue weighted by Crippen LogP contribution is 2.18. The van der Waals surface area contributed by atoms with Crippen molar-refractivity contribution in [2.45, 2.75) is 19.4 Å². The number of aliphatic hydroxyl groups excluding tert-OH is 1. The number of carbonyl (C=O) groups excluding carboxylic acids is 1. The second-order valence-corrected chi connectivity index (χ2v) is 3.32. The van der Waals surface area contributed by atoms with Crippen molar-refractivity contribution in [2.75, 3.05) is 19.6 Å². The molecule has 12 heavy (non-hydrogen) atoms. The van der Waals surface area contributed by atoms with E-state index < -0.39 is 6.10 Å². The van der Waals surface area contributed by atoms with Crippen LogP contribution in [0.5, 0.6) is 0 Å². The molecule has 2 unspecified atom stereocenters. The number of carbonyl (C=O) groups is 1. The topological polar surface area (TPSA) is 66.6 Å². The van der Waals surface area contributed by atoms with Gasteiger partial charge in [-0.15, -0.1) is 0 Å². The summed E-state index contributed by atoms with van der Waals surface area (Å²) in [5, 5.41) is 9.39. The SMILES string of the molecule is CC(=O)N1CCC(C(O)CN)C1. The van der Waals surface area contributed by atoms with Crippen LogP contribution in [0.15, 0.2) is 0 Å². The summed E-state index contributed by atoms with van der Waals surface area (Å²) in [5.41, 5.74) is 5.32. The Kier molecular flexibility index (Phi) is 3.05. The fraction of sp³-hybridized carbons (Fsp3) is 0.875. The van der Waals surface area contributed by atoms with Gasteiger partial charge in [0, 0.05) is 32.5 Å². The van der Waals surface area contributed by atoms with Crippen molar-refractivity contribution in [3.05, 3.63) is 0 Å². The van der Waals surface area contributed by atoms with E-state index in [1.165, 1.54) is 0 Å². The third-order valence-electron chi connectivity index (χ3n) is 2.46. The normalized spacial score (nSPS) is 25.9. The Morgan fingerprint density at radius 2 is 2.50 bits per heavy atom. The summed E-state index contributed by atoms with van der Waals surface area (Å²) < 4.78 is 0. The van der Waals surface area contributed by atoms with Gasteiger partial charge in [0.1, 0.15) is 0 Å². The zero-order valence-corrected chi connectivity index (χ0v) is 7.36. The minimum atomic E-state index is -0.450. The molecule has 0 aromatic carbocycles. The third-order valence-corrected chi connectivity index (χ3v) is 2.46. The lowest BCUT2D eigenvalue weighted by molar-refractivity contribution is -0.128. The summed E-state index contributed by atoms with van der Waals surface area (Å²) in [6, 6.07) is 0. The van der Waals surface area contributed by atoms with Gasteiger partial charge >= 0.3 is 0 Å². The van der Waals surface area contributed by atoms with E-state index in [0.717, 1.165) is 13.0 Å². The van der Waals surface area contributed by atoms with Crippen molar-refractivity contribution in [3.63, 3.8) is 0 Å². The van der Waals surface area contributed by atoms with Gasteiger partial charge in [-0.3, -0.25) is 4.79 Å². The minimum Gasteiger partial charge on any atom is -0.391 e. The highest BCUT2D eigenvalue weighted by Gasteiger charge is 2.28. The van der Waals surface area contributed by atoms with Gasteiger partial charge in [-0.2, -0.15) is 0 Å². The van der Waals surface area contributed by atoms with Crippen LogP contribution in [0, 0.1) is 5.92 Å². The zero-order valence-electron chi connectivity index (χ0n) is 7.36. The van der Waals surface area contributed by atoms with E-state index in [0.29, 0.717) is 6.54 Å². The van der Waals surface area contributed by atoms with E-state index in [9.17, 15) is 9.90 Å². The number of hydrogen-bond acceptors (Lipinski definition) is 3. The fourth-order valence-electron chi connectivity index (χ4n) is 1.58. The summed E-state index contributed by atoms with van der Waals surface area (Å²) >= 11 is 0. The molecule has 1 rings (SSSR count). The van der Waals surface area contributed by atoms with Crippen LogP contribution in [-0.4, -0.2) is 41.7 Å². The Bertz CT molecular complexity index is 172. The molecule has 1 aliphatic heterocycles. The van der Waals surface area contributed by atoms with Crippen LogP contribution in [0.2, 0.25) is 0 Å². The van der Waals surface area contributed by atoms with E-state index >= 15 is 0 Å². The molecule has 1 aliphatic rings. The predicted octanol–water partition coefficient (Wildman–Crippen LogP) is -0.826. The zero-order chi connectivity index (χ0) is 9.14. The molecular weight excluding hydrogens is 156 g/mol. The molecule has 0 aromatic heterocycles. The summed E-state index contributed by atoms with van der Waals surface area (Å²) in [7, 11) is 0. The first kappa shape index (κ1) is 9.48. The number of aliphatic hydroxyl groups is 1. The lowest BCUT2D eigenvalue weighted by Crippen LogP contribution is -2.32. The van der Waals surface area contributed by atoms with E-state index in [2.05, 4.69) is 0 Å². The van der Waals surface area contributed by atoms with Crippen LogP contribution in [0.1, 0.15) is 13.3 Å². The van der Waals surface area contributed by atoms with Crippen LogP contribution < -0.4 is 5.73 Å². The van der Waals surface area contributed by atoms with Crippen LogP contribution in [0.4, 0.5) is 0 Å². The first-order valence-electron chi connectivity index (χ1n) is 4.28. The smallest absolute Gasteiger partial charge is 0.219 e. The first-order chi connectivity index (χ1) is 5.65. The molecule has 0 aliphatic carbocycles. The second-order valence-electron chi connectivity index (χ2n) is 3.32. The Balaban J connectivity index is 2.40. The van der Waals surface area contributed by atoms with Crippen molar-refractivity contribution in [1.29, 1.82) is 0 Å². The number of amides is 1. The average Bonchev–Trinajstić information content (AvgIpc) is 2.51. The van der Waals surface area contributed by atoms with Crippen molar-refractivity contribution < 1.29 is 9.90 Å². The van der Waals surface area contributed by atoms with Crippen LogP contribution in [-0.2, 0) is 4.79 Å². The van der Waals surface area contributed by atoms with Crippen LogP contribution in [0.25, 0.3) is 0 Å². The number of nitrogens with two attached hydrogens (primary N) is 1. The van der Waals surface area contributed by atoms with E-state index in [1.54, 1.807) is 11.8 Å². The Morgan fingerprint density at radius 3 is 2.92 bits per heavy atom.